The van der Waals surface area contributed by atoms with Crippen molar-refractivity contribution in [3.8, 4) is 5.75 Å². The Kier molecular flexibility index (Phi) is 6.80. The summed E-state index contributed by atoms with van der Waals surface area (Å²) in [5.74, 6) is -9.61. The highest BCUT2D eigenvalue weighted by Crippen LogP contribution is 2.56. The average Bonchev–Trinajstić information content (AvgIpc) is 2.80. The lowest BCUT2D eigenvalue weighted by Crippen LogP contribution is -2.76. The number of hydrogen-bond donors (Lipinski definition) is 6. The Balaban J connectivity index is 1.99. The molecule has 10 heteroatoms. The van der Waals surface area contributed by atoms with Crippen LogP contribution in [0.5, 0.6) is 5.75 Å². The largest absolute Gasteiger partial charge is 0.507 e. The molecule has 0 aliphatic heterocycles. The second-order valence-electron chi connectivity index (χ2n) is 11.9. The van der Waals surface area contributed by atoms with E-state index >= 15 is 0 Å². The molecule has 0 saturated heterocycles. The van der Waals surface area contributed by atoms with E-state index in [0.29, 0.717) is 11.1 Å². The van der Waals surface area contributed by atoms with Gasteiger partial charge >= 0.3 is 0 Å². The van der Waals surface area contributed by atoms with Crippen LogP contribution < -0.4 is 5.73 Å². The average molecular weight is 531 g/mol. The fourth-order valence-corrected chi connectivity index (χ4v) is 7.28. The number of ketones is 2. The molecule has 1 aromatic carbocycles. The molecule has 4 rings (SSSR count). The van der Waals surface area contributed by atoms with E-state index in [4.69, 9.17) is 5.73 Å². The van der Waals surface area contributed by atoms with Crippen molar-refractivity contribution in [3.63, 3.8) is 0 Å². The summed E-state index contributed by atoms with van der Waals surface area (Å²) in [5, 5.41) is 57.2. The van der Waals surface area contributed by atoms with E-state index < -0.39 is 76.2 Å². The second kappa shape index (κ2) is 9.15. The maximum atomic E-state index is 14.0. The Morgan fingerprint density at radius 2 is 1.74 bits per heavy atom. The predicted octanol–water partition coefficient (Wildman–Crippen LogP) is 0.739. The van der Waals surface area contributed by atoms with Crippen molar-refractivity contribution >= 4 is 23.2 Å². The molecular weight excluding hydrogens is 492 g/mol. The van der Waals surface area contributed by atoms with Crippen molar-refractivity contribution in [1.29, 1.82) is 0 Å². The first-order chi connectivity index (χ1) is 17.5. The van der Waals surface area contributed by atoms with Gasteiger partial charge in [-0.2, -0.15) is 0 Å². The molecule has 2 saturated carbocycles. The fraction of sp³-hybridized carbons (Fsp3) is 0.607. The molecule has 10 nitrogen and oxygen atoms in total. The monoisotopic (exact) mass is 530 g/mol. The van der Waals surface area contributed by atoms with Gasteiger partial charge in [0, 0.05) is 29.0 Å². The molecule has 2 unspecified atom stereocenters. The van der Waals surface area contributed by atoms with Gasteiger partial charge in [0.05, 0.1) is 17.8 Å². The molecule has 3 aliphatic carbocycles. The van der Waals surface area contributed by atoms with E-state index in [-0.39, 0.29) is 16.9 Å². The third-order valence-corrected chi connectivity index (χ3v) is 9.10. The molecule has 0 heterocycles. The van der Waals surface area contributed by atoms with Gasteiger partial charge in [-0.1, -0.05) is 46.2 Å². The maximum Gasteiger partial charge on any atom is 0.230 e. The summed E-state index contributed by atoms with van der Waals surface area (Å²) in [5.41, 5.74) is 2.71. The van der Waals surface area contributed by atoms with Crippen LogP contribution in [0.1, 0.15) is 63.1 Å². The molecule has 0 radical (unpaired) electrons. The van der Waals surface area contributed by atoms with Crippen LogP contribution in [0.15, 0.2) is 17.7 Å². The standard InChI is InChI=1S/C28H38N2O8/c1-7-10-27(3,4)13-9-8-12-11(2)14-16(21(32)15(12)20(13)31)24(35)28(38)18(22(14)33)19(30(5)6)23(34)17(25(28)36)26(29)37/h8-9,11,14,17-19,22-23,31-34,38H,7,10H2,1-6H3,(H2,29,37)/t11-,14+,17?,18+,19-,22-,23?,28-/m0/s1. The summed E-state index contributed by atoms with van der Waals surface area (Å²) in [4.78, 5) is 41.1. The SMILES string of the molecule is CCCC(C)(C)c1ccc2c(c1O)C(O)=C1C(=O)[C@]3(O)C(=O)C(C(N)=O)C(O)[C@@H](N(C)C)[C@@H]3[C@@H](O)[C@@H]1[C@H]2C. The van der Waals surface area contributed by atoms with Crippen LogP contribution >= 0.6 is 0 Å². The third-order valence-electron chi connectivity index (χ3n) is 9.10. The maximum absolute atomic E-state index is 14.0. The number of benzene rings is 1. The van der Waals surface area contributed by atoms with Crippen molar-refractivity contribution in [1.82, 2.24) is 4.90 Å². The van der Waals surface area contributed by atoms with Crippen LogP contribution in [-0.2, 0) is 19.8 Å². The lowest BCUT2D eigenvalue weighted by atomic mass is 9.51. The zero-order chi connectivity index (χ0) is 28.6. The van der Waals surface area contributed by atoms with E-state index in [2.05, 4.69) is 0 Å². The Morgan fingerprint density at radius 3 is 2.26 bits per heavy atom. The van der Waals surface area contributed by atoms with Crippen LogP contribution in [-0.4, -0.2) is 85.9 Å². The van der Waals surface area contributed by atoms with Gasteiger partial charge in [-0.05, 0) is 37.4 Å². The van der Waals surface area contributed by atoms with Crippen molar-refractivity contribution in [2.24, 2.45) is 23.5 Å². The zero-order valence-electron chi connectivity index (χ0n) is 22.6. The molecular formula is C28H38N2O8. The number of hydrogen-bond acceptors (Lipinski definition) is 9. The lowest BCUT2D eigenvalue weighted by Gasteiger charge is -2.56. The number of nitrogens with zero attached hydrogens (tertiary/aromatic N) is 1. The van der Waals surface area contributed by atoms with E-state index in [1.165, 1.54) is 19.0 Å². The van der Waals surface area contributed by atoms with Gasteiger partial charge in [0.15, 0.2) is 11.4 Å². The van der Waals surface area contributed by atoms with Gasteiger partial charge < -0.3 is 36.2 Å². The van der Waals surface area contributed by atoms with Gasteiger partial charge in [-0.25, -0.2) is 0 Å². The van der Waals surface area contributed by atoms with E-state index in [9.17, 15) is 39.9 Å². The van der Waals surface area contributed by atoms with Crippen LogP contribution in [0.3, 0.4) is 0 Å². The fourth-order valence-electron chi connectivity index (χ4n) is 7.28. The first-order valence-corrected chi connectivity index (χ1v) is 13.0. The number of nitrogens with two attached hydrogens (primary N) is 1. The number of carbonyl (C=O) groups excluding carboxylic acids is 3. The van der Waals surface area contributed by atoms with Crippen LogP contribution in [0.4, 0.5) is 0 Å². The number of Topliss-reactive ketones (excluding diaryl/α,β-unsaturated/α-hetero) is 2. The highest BCUT2D eigenvalue weighted by Gasteiger charge is 2.71. The number of aliphatic hydroxyl groups excluding tert-OH is 3. The number of phenols is 1. The van der Waals surface area contributed by atoms with Crippen LogP contribution in [0.25, 0.3) is 5.76 Å². The smallest absolute Gasteiger partial charge is 0.230 e. The highest BCUT2D eigenvalue weighted by molar-refractivity contribution is 6.25. The quantitative estimate of drug-likeness (QED) is 0.299. The molecule has 0 bridgehead atoms. The van der Waals surface area contributed by atoms with Crippen molar-refractivity contribution < 1.29 is 39.9 Å². The second-order valence-corrected chi connectivity index (χ2v) is 11.9. The minimum Gasteiger partial charge on any atom is -0.507 e. The molecule has 2 fully saturated rings. The van der Waals surface area contributed by atoms with E-state index in [1.807, 2.05) is 20.8 Å². The van der Waals surface area contributed by atoms with Gasteiger partial charge in [0.25, 0.3) is 0 Å². The number of carbonyl (C=O) groups is 3. The number of likely N-dealkylation sites (N-methyl/N-ethyl adjacent to an activating group) is 1. The van der Waals surface area contributed by atoms with Crippen molar-refractivity contribution in [3.05, 3.63) is 34.4 Å². The number of amides is 1. The summed E-state index contributed by atoms with van der Waals surface area (Å²) >= 11 is 0. The number of fused-ring (bicyclic) bond motifs is 3. The highest BCUT2D eigenvalue weighted by atomic mass is 16.3. The topological polar surface area (TPSA) is 182 Å². The zero-order valence-corrected chi connectivity index (χ0v) is 22.6. The van der Waals surface area contributed by atoms with Gasteiger partial charge in [-0.15, -0.1) is 0 Å². The summed E-state index contributed by atoms with van der Waals surface area (Å²) in [6.45, 7) is 7.65. The molecule has 3 aliphatic rings. The lowest BCUT2D eigenvalue weighted by molar-refractivity contribution is -0.199. The minimum atomic E-state index is -2.93. The molecule has 7 N–H and O–H groups in total. The molecule has 0 spiro atoms. The molecule has 38 heavy (non-hydrogen) atoms. The molecule has 1 aromatic rings. The first-order valence-electron chi connectivity index (χ1n) is 13.0. The molecule has 8 atom stereocenters. The summed E-state index contributed by atoms with van der Waals surface area (Å²) < 4.78 is 0. The van der Waals surface area contributed by atoms with Gasteiger partial charge in [0.2, 0.25) is 11.7 Å². The third kappa shape index (κ3) is 3.57. The van der Waals surface area contributed by atoms with Gasteiger partial charge in [-0.3, -0.25) is 14.4 Å². The summed E-state index contributed by atoms with van der Waals surface area (Å²) in [7, 11) is 3.05. The number of phenolic OH excluding ortho intramolecular Hbond substituents is 1. The normalized spacial score (nSPS) is 35.2. The Labute approximate surface area is 221 Å². The number of aliphatic hydroxyl groups is 4. The summed E-state index contributed by atoms with van der Waals surface area (Å²) in [6.07, 6.45) is -1.67. The number of aromatic hydroxyl groups is 1. The van der Waals surface area contributed by atoms with Crippen molar-refractivity contribution in [2.45, 2.75) is 75.7 Å². The van der Waals surface area contributed by atoms with E-state index in [0.717, 1.165) is 12.8 Å². The Hall–Kier alpha value is -2.79. The van der Waals surface area contributed by atoms with Crippen LogP contribution in [0, 0.1) is 17.8 Å². The van der Waals surface area contributed by atoms with Crippen molar-refractivity contribution in [2.75, 3.05) is 14.1 Å². The molecule has 208 valence electrons. The Bertz CT molecular complexity index is 1240. The minimum absolute atomic E-state index is 0.0203. The first kappa shape index (κ1) is 28.2. The Morgan fingerprint density at radius 1 is 1.13 bits per heavy atom. The molecule has 1 amide bonds. The number of primary amides is 1. The molecule has 0 aromatic heterocycles. The van der Waals surface area contributed by atoms with Crippen LogP contribution in [0.2, 0.25) is 0 Å². The summed E-state index contributed by atoms with van der Waals surface area (Å²) in [6, 6.07) is 2.35. The number of rotatable bonds is 5. The van der Waals surface area contributed by atoms with E-state index in [1.54, 1.807) is 19.1 Å². The predicted molar refractivity (Wildman–Crippen MR) is 138 cm³/mol. The van der Waals surface area contributed by atoms with Gasteiger partial charge in [0.1, 0.15) is 17.4 Å².